The van der Waals surface area contributed by atoms with Crippen molar-refractivity contribution in [2.45, 2.75) is 0 Å². The molecule has 1 aromatic heterocycles. The predicted octanol–water partition coefficient (Wildman–Crippen LogP) is 4.10. The number of morpholine rings is 1. The smallest absolute Gasteiger partial charge is 0.263 e. The van der Waals surface area contributed by atoms with Crippen LogP contribution >= 0.6 is 11.6 Å². The lowest BCUT2D eigenvalue weighted by Crippen LogP contribution is -2.37. The van der Waals surface area contributed by atoms with Crippen LogP contribution in [0.1, 0.15) is 10.4 Å². The molecule has 0 atom stereocenters. The molecule has 0 aliphatic carbocycles. The second-order valence-electron chi connectivity index (χ2n) is 6.84. The summed E-state index contributed by atoms with van der Waals surface area (Å²) in [5.74, 6) is 1.13. The molecule has 0 saturated carbocycles. The number of methoxy groups -OCH3 is 2. The van der Waals surface area contributed by atoms with Crippen molar-refractivity contribution in [1.82, 2.24) is 5.16 Å². The number of halogens is 1. The molecule has 2 heterocycles. The standard InChI is InChI=1S/C22H22ClN3O5/c1-28-16-7-8-17(18(13-16)29-2)24-21(27)19-20(14-3-5-15(23)6-4-14)25-31-22(19)26-9-11-30-12-10-26/h3-8,13H,9-12H2,1-2H3,(H,24,27). The first kappa shape index (κ1) is 21.0. The molecule has 0 bridgehead atoms. The van der Waals surface area contributed by atoms with E-state index in [1.54, 1.807) is 49.6 Å². The molecule has 162 valence electrons. The molecular formula is C22H22ClN3O5. The van der Waals surface area contributed by atoms with E-state index in [2.05, 4.69) is 10.5 Å². The fourth-order valence-electron chi connectivity index (χ4n) is 3.36. The van der Waals surface area contributed by atoms with Gasteiger partial charge in [0, 0.05) is 29.7 Å². The zero-order valence-electron chi connectivity index (χ0n) is 17.2. The summed E-state index contributed by atoms with van der Waals surface area (Å²) in [6.45, 7) is 2.29. The molecule has 1 amide bonds. The van der Waals surface area contributed by atoms with E-state index in [1.165, 1.54) is 7.11 Å². The highest BCUT2D eigenvalue weighted by Crippen LogP contribution is 2.35. The van der Waals surface area contributed by atoms with Crippen molar-refractivity contribution in [1.29, 1.82) is 0 Å². The van der Waals surface area contributed by atoms with Gasteiger partial charge in [-0.05, 0) is 24.3 Å². The van der Waals surface area contributed by atoms with Gasteiger partial charge in [0.15, 0.2) is 0 Å². The van der Waals surface area contributed by atoms with Gasteiger partial charge in [0.1, 0.15) is 22.8 Å². The molecule has 1 aliphatic heterocycles. The third-order valence-electron chi connectivity index (χ3n) is 4.97. The number of nitrogens with zero attached hydrogens (tertiary/aromatic N) is 2. The summed E-state index contributed by atoms with van der Waals surface area (Å²) in [5.41, 5.74) is 1.99. The van der Waals surface area contributed by atoms with Gasteiger partial charge in [-0.25, -0.2) is 0 Å². The fourth-order valence-corrected chi connectivity index (χ4v) is 3.49. The van der Waals surface area contributed by atoms with Crippen LogP contribution in [0, 0.1) is 0 Å². The average Bonchev–Trinajstić information content (AvgIpc) is 3.25. The number of aromatic nitrogens is 1. The molecule has 8 nitrogen and oxygen atoms in total. The van der Waals surface area contributed by atoms with E-state index in [4.69, 9.17) is 30.3 Å². The number of amides is 1. The molecule has 1 aliphatic rings. The molecule has 0 radical (unpaired) electrons. The lowest BCUT2D eigenvalue weighted by molar-refractivity contribution is 0.102. The van der Waals surface area contributed by atoms with Gasteiger partial charge in [-0.15, -0.1) is 0 Å². The second kappa shape index (κ2) is 9.28. The Bertz CT molecular complexity index is 1060. The second-order valence-corrected chi connectivity index (χ2v) is 7.27. The summed E-state index contributed by atoms with van der Waals surface area (Å²) in [7, 11) is 3.10. The van der Waals surface area contributed by atoms with Crippen molar-refractivity contribution in [3.63, 3.8) is 0 Å². The van der Waals surface area contributed by atoms with Gasteiger partial charge in [-0.2, -0.15) is 0 Å². The van der Waals surface area contributed by atoms with Crippen molar-refractivity contribution in [3.8, 4) is 22.8 Å². The van der Waals surface area contributed by atoms with Gasteiger partial charge < -0.3 is 29.0 Å². The number of hydrogen-bond donors (Lipinski definition) is 1. The summed E-state index contributed by atoms with van der Waals surface area (Å²) in [5, 5.41) is 7.72. The van der Waals surface area contributed by atoms with Gasteiger partial charge in [0.05, 0.1) is 33.1 Å². The number of hydrogen-bond acceptors (Lipinski definition) is 7. The third-order valence-corrected chi connectivity index (χ3v) is 5.23. The minimum Gasteiger partial charge on any atom is -0.497 e. The molecule has 1 N–H and O–H groups in total. The van der Waals surface area contributed by atoms with E-state index in [-0.39, 0.29) is 5.91 Å². The molecule has 0 unspecified atom stereocenters. The van der Waals surface area contributed by atoms with Crippen molar-refractivity contribution in [2.24, 2.45) is 0 Å². The summed E-state index contributed by atoms with van der Waals surface area (Å²) < 4.78 is 21.7. The maximum absolute atomic E-state index is 13.4. The zero-order chi connectivity index (χ0) is 21.8. The number of rotatable bonds is 6. The molecule has 9 heteroatoms. The van der Waals surface area contributed by atoms with E-state index >= 15 is 0 Å². The number of ether oxygens (including phenoxy) is 3. The quantitative estimate of drug-likeness (QED) is 0.613. The Morgan fingerprint density at radius 3 is 2.52 bits per heavy atom. The zero-order valence-corrected chi connectivity index (χ0v) is 17.9. The lowest BCUT2D eigenvalue weighted by Gasteiger charge is -2.26. The highest BCUT2D eigenvalue weighted by atomic mass is 35.5. The first-order valence-corrected chi connectivity index (χ1v) is 10.1. The van der Waals surface area contributed by atoms with Crippen molar-refractivity contribution < 1.29 is 23.5 Å². The van der Waals surface area contributed by atoms with E-state index in [1.807, 2.05) is 4.90 Å². The SMILES string of the molecule is COc1ccc(NC(=O)c2c(-c3ccc(Cl)cc3)noc2N2CCOCC2)c(OC)c1. The fraction of sp³-hybridized carbons (Fsp3) is 0.273. The largest absolute Gasteiger partial charge is 0.497 e. The van der Waals surface area contributed by atoms with E-state index < -0.39 is 0 Å². The average molecular weight is 444 g/mol. The van der Waals surface area contributed by atoms with Crippen LogP contribution in [0.4, 0.5) is 11.6 Å². The predicted molar refractivity (Wildman–Crippen MR) is 117 cm³/mol. The van der Waals surface area contributed by atoms with Gasteiger partial charge in [-0.3, -0.25) is 4.79 Å². The van der Waals surface area contributed by atoms with Crippen LogP contribution in [0.3, 0.4) is 0 Å². The first-order chi connectivity index (χ1) is 15.1. The van der Waals surface area contributed by atoms with Gasteiger partial charge >= 0.3 is 0 Å². The van der Waals surface area contributed by atoms with Crippen molar-refractivity contribution in [3.05, 3.63) is 53.1 Å². The lowest BCUT2D eigenvalue weighted by atomic mass is 10.1. The van der Waals surface area contributed by atoms with Gasteiger partial charge in [-0.1, -0.05) is 28.9 Å². The minimum absolute atomic E-state index is 0.335. The van der Waals surface area contributed by atoms with Crippen molar-refractivity contribution in [2.75, 3.05) is 50.7 Å². The Morgan fingerprint density at radius 2 is 1.84 bits per heavy atom. The maximum atomic E-state index is 13.4. The highest BCUT2D eigenvalue weighted by Gasteiger charge is 2.29. The molecule has 1 fully saturated rings. The molecule has 1 saturated heterocycles. The Morgan fingerprint density at radius 1 is 1.10 bits per heavy atom. The Kier molecular flexibility index (Phi) is 6.29. The van der Waals surface area contributed by atoms with Crippen LogP contribution in [-0.4, -0.2) is 51.6 Å². The number of nitrogens with one attached hydrogen (secondary N) is 1. The van der Waals surface area contributed by atoms with E-state index in [0.717, 1.165) is 5.56 Å². The first-order valence-electron chi connectivity index (χ1n) is 9.72. The number of benzene rings is 2. The van der Waals surface area contributed by atoms with Crippen LogP contribution in [0.2, 0.25) is 5.02 Å². The number of carbonyl (C=O) groups is 1. The molecular weight excluding hydrogens is 422 g/mol. The van der Waals surface area contributed by atoms with Crippen LogP contribution in [-0.2, 0) is 4.74 Å². The maximum Gasteiger partial charge on any atom is 0.263 e. The molecule has 2 aromatic carbocycles. The van der Waals surface area contributed by atoms with Gasteiger partial charge in [0.25, 0.3) is 5.91 Å². The number of carbonyl (C=O) groups excluding carboxylic acids is 1. The van der Waals surface area contributed by atoms with Crippen molar-refractivity contribution >= 4 is 29.1 Å². The molecule has 31 heavy (non-hydrogen) atoms. The molecule has 4 rings (SSSR count). The van der Waals surface area contributed by atoms with Crippen LogP contribution in [0.5, 0.6) is 11.5 Å². The topological polar surface area (TPSA) is 86.1 Å². The third kappa shape index (κ3) is 4.45. The molecule has 0 spiro atoms. The van der Waals surface area contributed by atoms with Gasteiger partial charge in [0.2, 0.25) is 5.88 Å². The highest BCUT2D eigenvalue weighted by molar-refractivity contribution is 6.30. The number of anilines is 2. The summed E-state index contributed by atoms with van der Waals surface area (Å²) in [6, 6.07) is 12.3. The summed E-state index contributed by atoms with van der Waals surface area (Å²) in [4.78, 5) is 15.4. The normalized spacial score (nSPS) is 13.7. The summed E-state index contributed by atoms with van der Waals surface area (Å²) in [6.07, 6.45) is 0. The van der Waals surface area contributed by atoms with E-state index in [9.17, 15) is 4.79 Å². The Balaban J connectivity index is 1.73. The van der Waals surface area contributed by atoms with Crippen LogP contribution in [0.15, 0.2) is 47.0 Å². The monoisotopic (exact) mass is 443 g/mol. The summed E-state index contributed by atoms with van der Waals surface area (Å²) >= 11 is 6.02. The minimum atomic E-state index is -0.365. The van der Waals surface area contributed by atoms with Crippen LogP contribution in [0.25, 0.3) is 11.3 Å². The Labute approximate surface area is 184 Å². The Hall–Kier alpha value is -3.23. The molecule has 3 aromatic rings. The van der Waals surface area contributed by atoms with Crippen LogP contribution < -0.4 is 19.7 Å². The van der Waals surface area contributed by atoms with E-state index in [0.29, 0.717) is 65.7 Å².